The maximum Gasteiger partial charge on any atom is 0.150 e. The normalized spacial score (nSPS) is 20.9. The lowest BCUT2D eigenvalue weighted by Gasteiger charge is -2.35. The van der Waals surface area contributed by atoms with Crippen molar-refractivity contribution in [1.82, 2.24) is 19.7 Å². The summed E-state index contributed by atoms with van der Waals surface area (Å²) in [4.78, 5) is 2.53. The predicted molar refractivity (Wildman–Crippen MR) is 99.3 cm³/mol. The fraction of sp³-hybridized carbons (Fsp3) is 0.600. The lowest BCUT2D eigenvalue weighted by atomic mass is 10.00. The summed E-state index contributed by atoms with van der Waals surface area (Å²) < 4.78 is 13.2. The third kappa shape index (κ3) is 3.70. The second kappa shape index (κ2) is 7.66. The van der Waals surface area contributed by atoms with Gasteiger partial charge in [0.1, 0.15) is 23.7 Å². The van der Waals surface area contributed by atoms with Gasteiger partial charge < -0.3 is 14.0 Å². The van der Waals surface area contributed by atoms with Crippen LogP contribution in [0.5, 0.6) is 11.5 Å². The Labute approximate surface area is 155 Å². The van der Waals surface area contributed by atoms with E-state index in [1.807, 2.05) is 18.5 Å². The Balaban J connectivity index is 1.55. The van der Waals surface area contributed by atoms with Crippen LogP contribution in [0, 0.1) is 5.92 Å². The third-order valence-electron chi connectivity index (χ3n) is 5.58. The average molecular weight is 356 g/mol. The van der Waals surface area contributed by atoms with Gasteiger partial charge in [0.05, 0.1) is 20.3 Å². The standard InChI is InChI=1S/C20H28N4O2/c1-25-17-9-8-16(19(11-17)26-2)13-23-10-4-3-5-18(23)20-22-21-14-24(20)12-15-6-7-15/h8-9,11,14-15,18H,3-7,10,12-13H2,1-2H3/t18-/m0/s1. The van der Waals surface area contributed by atoms with Crippen molar-refractivity contribution in [2.45, 2.75) is 51.2 Å². The van der Waals surface area contributed by atoms with E-state index in [1.165, 1.54) is 31.2 Å². The van der Waals surface area contributed by atoms with E-state index in [4.69, 9.17) is 9.47 Å². The molecule has 2 fully saturated rings. The molecule has 1 saturated heterocycles. The minimum Gasteiger partial charge on any atom is -0.497 e. The van der Waals surface area contributed by atoms with Crippen molar-refractivity contribution in [1.29, 1.82) is 0 Å². The molecule has 1 atom stereocenters. The predicted octanol–water partition coefficient (Wildman–Crippen LogP) is 3.43. The highest BCUT2D eigenvalue weighted by Gasteiger charge is 2.30. The summed E-state index contributed by atoms with van der Waals surface area (Å²) in [5.41, 5.74) is 1.19. The molecule has 140 valence electrons. The minimum absolute atomic E-state index is 0.330. The molecule has 0 spiro atoms. The molecule has 0 bridgehead atoms. The van der Waals surface area contributed by atoms with Crippen LogP contribution in [0.3, 0.4) is 0 Å². The fourth-order valence-corrected chi connectivity index (χ4v) is 3.92. The molecule has 0 amide bonds. The maximum absolute atomic E-state index is 5.60. The van der Waals surface area contributed by atoms with Crippen LogP contribution in [0.1, 0.15) is 49.5 Å². The molecule has 0 N–H and O–H groups in total. The summed E-state index contributed by atoms with van der Waals surface area (Å²) in [5, 5.41) is 8.72. The Kier molecular flexibility index (Phi) is 5.11. The van der Waals surface area contributed by atoms with Crippen LogP contribution in [-0.2, 0) is 13.1 Å². The van der Waals surface area contributed by atoms with Gasteiger partial charge in [-0.3, -0.25) is 4.90 Å². The zero-order chi connectivity index (χ0) is 17.9. The Morgan fingerprint density at radius 1 is 1.12 bits per heavy atom. The molecule has 26 heavy (non-hydrogen) atoms. The largest absolute Gasteiger partial charge is 0.497 e. The van der Waals surface area contributed by atoms with E-state index >= 15 is 0 Å². The molecule has 0 unspecified atom stereocenters. The number of aromatic nitrogens is 3. The number of methoxy groups -OCH3 is 2. The quantitative estimate of drug-likeness (QED) is 0.761. The molecule has 2 aromatic rings. The van der Waals surface area contributed by atoms with Crippen LogP contribution in [0.15, 0.2) is 24.5 Å². The molecular formula is C20H28N4O2. The SMILES string of the molecule is COc1ccc(CN2CCCC[C@H]2c2nncn2CC2CC2)c(OC)c1. The summed E-state index contributed by atoms with van der Waals surface area (Å²) in [5.74, 6) is 3.66. The number of hydrogen-bond acceptors (Lipinski definition) is 5. The van der Waals surface area contributed by atoms with Gasteiger partial charge in [0, 0.05) is 24.7 Å². The van der Waals surface area contributed by atoms with Crippen molar-refractivity contribution in [3.63, 3.8) is 0 Å². The van der Waals surface area contributed by atoms with E-state index in [9.17, 15) is 0 Å². The van der Waals surface area contributed by atoms with Gasteiger partial charge in [-0.1, -0.05) is 12.5 Å². The fourth-order valence-electron chi connectivity index (χ4n) is 3.92. The first-order chi connectivity index (χ1) is 12.8. The molecular weight excluding hydrogens is 328 g/mol. The number of hydrogen-bond donors (Lipinski definition) is 0. The third-order valence-corrected chi connectivity index (χ3v) is 5.58. The van der Waals surface area contributed by atoms with Crippen molar-refractivity contribution in [3.05, 3.63) is 35.9 Å². The monoisotopic (exact) mass is 356 g/mol. The van der Waals surface area contributed by atoms with E-state index < -0.39 is 0 Å². The number of piperidine rings is 1. The van der Waals surface area contributed by atoms with Crippen LogP contribution < -0.4 is 9.47 Å². The first-order valence-corrected chi connectivity index (χ1v) is 9.61. The van der Waals surface area contributed by atoms with E-state index in [-0.39, 0.29) is 0 Å². The van der Waals surface area contributed by atoms with Gasteiger partial charge >= 0.3 is 0 Å². The number of rotatable bonds is 7. The van der Waals surface area contributed by atoms with Gasteiger partial charge in [0.15, 0.2) is 0 Å². The van der Waals surface area contributed by atoms with Gasteiger partial charge in [-0.05, 0) is 44.2 Å². The molecule has 4 rings (SSSR count). The van der Waals surface area contributed by atoms with Crippen molar-refractivity contribution in [2.24, 2.45) is 5.92 Å². The number of likely N-dealkylation sites (tertiary alicyclic amines) is 1. The molecule has 6 nitrogen and oxygen atoms in total. The molecule has 2 heterocycles. The first-order valence-electron chi connectivity index (χ1n) is 9.61. The average Bonchev–Trinajstić information content (AvgIpc) is 3.38. The molecule has 2 aliphatic rings. The van der Waals surface area contributed by atoms with Gasteiger partial charge in [-0.15, -0.1) is 10.2 Å². The van der Waals surface area contributed by atoms with Crippen molar-refractivity contribution < 1.29 is 9.47 Å². The van der Waals surface area contributed by atoms with Gasteiger partial charge in [-0.25, -0.2) is 0 Å². The topological polar surface area (TPSA) is 52.4 Å². The van der Waals surface area contributed by atoms with Crippen LogP contribution in [0.4, 0.5) is 0 Å². The highest BCUT2D eigenvalue weighted by molar-refractivity contribution is 5.40. The Bertz CT molecular complexity index is 741. The van der Waals surface area contributed by atoms with E-state index in [0.29, 0.717) is 6.04 Å². The highest BCUT2D eigenvalue weighted by Crippen LogP contribution is 2.36. The molecule has 1 aliphatic carbocycles. The number of ether oxygens (including phenoxy) is 2. The second-order valence-corrected chi connectivity index (χ2v) is 7.44. The van der Waals surface area contributed by atoms with Gasteiger partial charge in [-0.2, -0.15) is 0 Å². The van der Waals surface area contributed by atoms with Crippen LogP contribution in [-0.4, -0.2) is 40.4 Å². The van der Waals surface area contributed by atoms with Crippen LogP contribution in [0.2, 0.25) is 0 Å². The summed E-state index contributed by atoms with van der Waals surface area (Å²) >= 11 is 0. The zero-order valence-corrected chi connectivity index (χ0v) is 15.7. The van der Waals surface area contributed by atoms with Crippen molar-refractivity contribution in [2.75, 3.05) is 20.8 Å². The van der Waals surface area contributed by atoms with Crippen LogP contribution in [0.25, 0.3) is 0 Å². The Morgan fingerprint density at radius 3 is 2.77 bits per heavy atom. The van der Waals surface area contributed by atoms with Gasteiger partial charge in [0.2, 0.25) is 0 Å². The minimum atomic E-state index is 0.330. The smallest absolute Gasteiger partial charge is 0.150 e. The Hall–Kier alpha value is -2.08. The molecule has 6 heteroatoms. The van der Waals surface area contributed by atoms with Crippen molar-refractivity contribution in [3.8, 4) is 11.5 Å². The number of benzene rings is 1. The summed E-state index contributed by atoms with van der Waals surface area (Å²) in [6.45, 7) is 3.00. The van der Waals surface area contributed by atoms with E-state index in [1.54, 1.807) is 14.2 Å². The molecule has 1 aromatic carbocycles. The molecule has 1 saturated carbocycles. The van der Waals surface area contributed by atoms with Crippen LogP contribution >= 0.6 is 0 Å². The zero-order valence-electron chi connectivity index (χ0n) is 15.7. The molecule has 1 aromatic heterocycles. The summed E-state index contributed by atoms with van der Waals surface area (Å²) in [7, 11) is 3.40. The molecule has 0 radical (unpaired) electrons. The maximum atomic E-state index is 5.60. The van der Waals surface area contributed by atoms with Crippen molar-refractivity contribution >= 4 is 0 Å². The number of nitrogens with zero attached hydrogens (tertiary/aromatic N) is 4. The lowest BCUT2D eigenvalue weighted by molar-refractivity contribution is 0.129. The Morgan fingerprint density at radius 2 is 2.00 bits per heavy atom. The summed E-state index contributed by atoms with van der Waals surface area (Å²) in [6.07, 6.45) is 8.21. The van der Waals surface area contributed by atoms with E-state index in [0.717, 1.165) is 49.3 Å². The first kappa shape index (κ1) is 17.3. The van der Waals surface area contributed by atoms with Gasteiger partial charge in [0.25, 0.3) is 0 Å². The highest BCUT2D eigenvalue weighted by atomic mass is 16.5. The van der Waals surface area contributed by atoms with E-state index in [2.05, 4.69) is 25.7 Å². The second-order valence-electron chi connectivity index (χ2n) is 7.44. The lowest BCUT2D eigenvalue weighted by Crippen LogP contribution is -2.34. The molecule has 1 aliphatic heterocycles. The summed E-state index contributed by atoms with van der Waals surface area (Å²) in [6, 6.07) is 6.41.